The van der Waals surface area contributed by atoms with Crippen LogP contribution in [0.4, 0.5) is 0 Å². The molecule has 1 atom stereocenters. The molecule has 0 bridgehead atoms. The van der Waals surface area contributed by atoms with E-state index in [0.717, 1.165) is 45.7 Å². The number of esters is 1. The van der Waals surface area contributed by atoms with Gasteiger partial charge in [-0.05, 0) is 33.7 Å². The number of nitrogens with zero attached hydrogens (tertiary/aromatic N) is 2. The molecule has 0 aromatic heterocycles. The van der Waals surface area contributed by atoms with Crippen molar-refractivity contribution in [3.63, 3.8) is 0 Å². The predicted octanol–water partition coefficient (Wildman–Crippen LogP) is 0.944. The second-order valence-electron chi connectivity index (χ2n) is 5.69. The van der Waals surface area contributed by atoms with Crippen molar-refractivity contribution in [2.75, 3.05) is 45.9 Å². The summed E-state index contributed by atoms with van der Waals surface area (Å²) in [5, 5.41) is 3.31. The van der Waals surface area contributed by atoms with Gasteiger partial charge in [-0.1, -0.05) is 6.92 Å². The molecule has 1 fully saturated rings. The van der Waals surface area contributed by atoms with Crippen molar-refractivity contribution in [1.82, 2.24) is 15.1 Å². The fourth-order valence-corrected chi connectivity index (χ4v) is 2.50. The van der Waals surface area contributed by atoms with Crippen molar-refractivity contribution in [1.29, 1.82) is 0 Å². The molecule has 1 saturated heterocycles. The first-order valence-corrected chi connectivity index (χ1v) is 7.94. The molecular formula is C15H31N3O2. The molecule has 5 nitrogen and oxygen atoms in total. The number of carbonyl (C=O) groups excluding carboxylic acids is 1. The van der Waals surface area contributed by atoms with E-state index < -0.39 is 0 Å². The van der Waals surface area contributed by atoms with E-state index in [2.05, 4.69) is 35.9 Å². The van der Waals surface area contributed by atoms with Crippen LogP contribution in [0.5, 0.6) is 0 Å². The molecule has 0 saturated carbocycles. The maximum Gasteiger partial charge on any atom is 0.324 e. The highest BCUT2D eigenvalue weighted by molar-refractivity contribution is 5.76. The summed E-state index contributed by atoms with van der Waals surface area (Å²) in [5.74, 6) is -0.118. The van der Waals surface area contributed by atoms with Gasteiger partial charge in [0, 0.05) is 38.8 Å². The average Bonchev–Trinajstić information content (AvgIpc) is 2.44. The molecule has 1 unspecified atom stereocenters. The van der Waals surface area contributed by atoms with Gasteiger partial charge in [-0.2, -0.15) is 0 Å². The minimum atomic E-state index is -0.194. The number of piperazine rings is 1. The molecule has 5 heteroatoms. The SMILES string of the molecule is CCCNC(CN1CCN(C(C)C)CC1)C(=O)OCC. The molecule has 0 spiro atoms. The van der Waals surface area contributed by atoms with Crippen molar-refractivity contribution < 1.29 is 9.53 Å². The van der Waals surface area contributed by atoms with Gasteiger partial charge in [0.1, 0.15) is 6.04 Å². The van der Waals surface area contributed by atoms with Crippen LogP contribution < -0.4 is 5.32 Å². The molecule has 0 amide bonds. The maximum atomic E-state index is 12.0. The molecule has 20 heavy (non-hydrogen) atoms. The Morgan fingerprint density at radius 3 is 2.35 bits per heavy atom. The summed E-state index contributed by atoms with van der Waals surface area (Å²) in [6, 6.07) is 0.414. The summed E-state index contributed by atoms with van der Waals surface area (Å²) in [4.78, 5) is 16.8. The Labute approximate surface area is 123 Å². The zero-order valence-corrected chi connectivity index (χ0v) is 13.5. The summed E-state index contributed by atoms with van der Waals surface area (Å²) in [7, 11) is 0. The van der Waals surface area contributed by atoms with Crippen LogP contribution in [0.25, 0.3) is 0 Å². The summed E-state index contributed by atoms with van der Waals surface area (Å²) in [6.07, 6.45) is 1.02. The van der Waals surface area contributed by atoms with E-state index >= 15 is 0 Å². The lowest BCUT2D eigenvalue weighted by molar-refractivity contribution is -0.146. The highest BCUT2D eigenvalue weighted by Gasteiger charge is 2.25. The molecular weight excluding hydrogens is 254 g/mol. The molecule has 1 N–H and O–H groups in total. The highest BCUT2D eigenvalue weighted by atomic mass is 16.5. The van der Waals surface area contributed by atoms with Crippen LogP contribution in [0.3, 0.4) is 0 Å². The zero-order chi connectivity index (χ0) is 15.0. The van der Waals surface area contributed by atoms with Gasteiger partial charge < -0.3 is 10.1 Å². The fourth-order valence-electron chi connectivity index (χ4n) is 2.50. The lowest BCUT2D eigenvalue weighted by Crippen LogP contribution is -2.54. The highest BCUT2D eigenvalue weighted by Crippen LogP contribution is 2.07. The molecule has 0 radical (unpaired) electrons. The number of hydrogen-bond donors (Lipinski definition) is 1. The first-order valence-electron chi connectivity index (χ1n) is 7.94. The molecule has 1 aliphatic heterocycles. The van der Waals surface area contributed by atoms with Gasteiger partial charge in [-0.15, -0.1) is 0 Å². The molecule has 0 aromatic rings. The van der Waals surface area contributed by atoms with Crippen LogP contribution in [0.15, 0.2) is 0 Å². The van der Waals surface area contributed by atoms with E-state index in [9.17, 15) is 4.79 Å². The van der Waals surface area contributed by atoms with Gasteiger partial charge >= 0.3 is 5.97 Å². The minimum Gasteiger partial charge on any atom is -0.465 e. The third-order valence-corrected chi connectivity index (χ3v) is 3.79. The first kappa shape index (κ1) is 17.4. The smallest absolute Gasteiger partial charge is 0.324 e. The molecule has 118 valence electrons. The van der Waals surface area contributed by atoms with Gasteiger partial charge in [0.25, 0.3) is 0 Å². The van der Waals surface area contributed by atoms with Crippen molar-refractivity contribution in [2.45, 2.75) is 46.2 Å². The van der Waals surface area contributed by atoms with Crippen molar-refractivity contribution in [2.24, 2.45) is 0 Å². The average molecular weight is 285 g/mol. The Kier molecular flexibility index (Phi) is 8.11. The lowest BCUT2D eigenvalue weighted by Gasteiger charge is -2.38. The Morgan fingerprint density at radius 1 is 1.20 bits per heavy atom. The largest absolute Gasteiger partial charge is 0.465 e. The topological polar surface area (TPSA) is 44.8 Å². The van der Waals surface area contributed by atoms with Gasteiger partial charge in [-0.3, -0.25) is 14.6 Å². The van der Waals surface area contributed by atoms with Crippen LogP contribution in [0.1, 0.15) is 34.1 Å². The van der Waals surface area contributed by atoms with Crippen LogP contribution >= 0.6 is 0 Å². The van der Waals surface area contributed by atoms with E-state index in [1.807, 2.05) is 6.92 Å². The Morgan fingerprint density at radius 2 is 1.85 bits per heavy atom. The van der Waals surface area contributed by atoms with Crippen LogP contribution in [0, 0.1) is 0 Å². The maximum absolute atomic E-state index is 12.0. The number of ether oxygens (including phenoxy) is 1. The number of hydrogen-bond acceptors (Lipinski definition) is 5. The Bertz CT molecular complexity index is 276. The van der Waals surface area contributed by atoms with Crippen molar-refractivity contribution in [3.8, 4) is 0 Å². The monoisotopic (exact) mass is 285 g/mol. The van der Waals surface area contributed by atoms with Gasteiger partial charge in [-0.25, -0.2) is 0 Å². The van der Waals surface area contributed by atoms with Crippen LogP contribution in [0.2, 0.25) is 0 Å². The minimum absolute atomic E-state index is 0.118. The quantitative estimate of drug-likeness (QED) is 0.673. The summed E-state index contributed by atoms with van der Waals surface area (Å²) in [5.41, 5.74) is 0. The van der Waals surface area contributed by atoms with Crippen LogP contribution in [-0.4, -0.2) is 73.7 Å². The third kappa shape index (κ3) is 5.77. The predicted molar refractivity (Wildman–Crippen MR) is 81.9 cm³/mol. The van der Waals surface area contributed by atoms with Crippen molar-refractivity contribution in [3.05, 3.63) is 0 Å². The molecule has 1 rings (SSSR count). The van der Waals surface area contributed by atoms with Gasteiger partial charge in [0.2, 0.25) is 0 Å². The zero-order valence-electron chi connectivity index (χ0n) is 13.5. The van der Waals surface area contributed by atoms with E-state index in [1.54, 1.807) is 0 Å². The van der Waals surface area contributed by atoms with E-state index in [-0.39, 0.29) is 12.0 Å². The Hall–Kier alpha value is -0.650. The standard InChI is InChI=1S/C15H31N3O2/c1-5-7-16-14(15(19)20-6-2)12-17-8-10-18(11-9-17)13(3)4/h13-14,16H,5-12H2,1-4H3. The normalized spacial score (nSPS) is 19.2. The number of carbonyl (C=O) groups is 1. The lowest BCUT2D eigenvalue weighted by atomic mass is 10.2. The number of rotatable bonds is 8. The summed E-state index contributed by atoms with van der Waals surface area (Å²) < 4.78 is 5.16. The fraction of sp³-hybridized carbons (Fsp3) is 0.933. The molecule has 0 aromatic carbocycles. The molecule has 1 aliphatic rings. The van der Waals surface area contributed by atoms with E-state index in [4.69, 9.17) is 4.74 Å². The molecule has 0 aliphatic carbocycles. The summed E-state index contributed by atoms with van der Waals surface area (Å²) >= 11 is 0. The second-order valence-corrected chi connectivity index (χ2v) is 5.69. The Balaban J connectivity index is 2.43. The summed E-state index contributed by atoms with van der Waals surface area (Å²) in [6.45, 7) is 14.7. The van der Waals surface area contributed by atoms with E-state index in [0.29, 0.717) is 12.6 Å². The third-order valence-electron chi connectivity index (χ3n) is 3.79. The number of nitrogens with one attached hydrogen (secondary N) is 1. The van der Waals surface area contributed by atoms with E-state index in [1.165, 1.54) is 0 Å². The second kappa shape index (κ2) is 9.32. The van der Waals surface area contributed by atoms with Gasteiger partial charge in [0.05, 0.1) is 6.61 Å². The van der Waals surface area contributed by atoms with Crippen LogP contribution in [-0.2, 0) is 9.53 Å². The first-order chi connectivity index (χ1) is 9.58. The molecule has 1 heterocycles. The van der Waals surface area contributed by atoms with Gasteiger partial charge in [0.15, 0.2) is 0 Å². The van der Waals surface area contributed by atoms with Crippen molar-refractivity contribution >= 4 is 5.97 Å².